The van der Waals surface area contributed by atoms with Crippen LogP contribution in [0, 0.1) is 29.1 Å². The van der Waals surface area contributed by atoms with Crippen LogP contribution in [0.2, 0.25) is 0 Å². The van der Waals surface area contributed by atoms with E-state index in [4.69, 9.17) is 4.74 Å². The Bertz CT molecular complexity index is 1610. The maximum Gasteiger partial charge on any atom is 0.408 e. The van der Waals surface area contributed by atoms with Gasteiger partial charge in [-0.3, -0.25) is 28.8 Å². The minimum atomic E-state index is -2.87. The van der Waals surface area contributed by atoms with E-state index in [1.165, 1.54) is 9.80 Å². The van der Waals surface area contributed by atoms with Gasteiger partial charge in [-0.1, -0.05) is 57.5 Å². The first-order chi connectivity index (χ1) is 25.6. The second-order valence-corrected chi connectivity index (χ2v) is 17.3. The second kappa shape index (κ2) is 17.3. The number of piperidine rings is 1. The van der Waals surface area contributed by atoms with Gasteiger partial charge in [-0.2, -0.15) is 0 Å². The Morgan fingerprint density at radius 2 is 1.58 bits per heavy atom. The number of rotatable bonds is 16. The summed E-state index contributed by atoms with van der Waals surface area (Å²) in [5, 5.41) is 5.31. The minimum Gasteiger partial charge on any atom is -0.444 e. The van der Waals surface area contributed by atoms with Gasteiger partial charge >= 0.3 is 6.09 Å². The number of alkyl halides is 2. The number of Topliss-reactive ketones (excluding diaryl/α,β-unsaturated/α-hetero) is 3. The SMILES string of the molecule is CCCC(CC(=O)[C@@H]1[C@@H]2[C@H](CN1C(=O)C(NC(=O)OC(C)(C)C)C1CCC(F)(F)CC1)C2(C)C)C(=O)C(=O)CCC(=O)N[C@H](C(=O)N(C)C)c1ccccc1. The Hall–Kier alpha value is -4.23. The summed E-state index contributed by atoms with van der Waals surface area (Å²) < 4.78 is 33.8. The van der Waals surface area contributed by atoms with Gasteiger partial charge in [0.15, 0.2) is 11.6 Å². The van der Waals surface area contributed by atoms with Gasteiger partial charge in [-0.25, -0.2) is 13.6 Å². The van der Waals surface area contributed by atoms with Crippen molar-refractivity contribution in [3.8, 4) is 0 Å². The Labute approximate surface area is 322 Å². The number of amides is 4. The van der Waals surface area contributed by atoms with E-state index in [0.717, 1.165) is 0 Å². The summed E-state index contributed by atoms with van der Waals surface area (Å²) in [5.41, 5.74) is -0.601. The molecule has 3 fully saturated rings. The van der Waals surface area contributed by atoms with Crippen LogP contribution in [-0.4, -0.2) is 95.2 Å². The van der Waals surface area contributed by atoms with Gasteiger partial charge < -0.3 is 25.2 Å². The van der Waals surface area contributed by atoms with Crippen molar-refractivity contribution in [2.24, 2.45) is 29.1 Å². The first-order valence-electron chi connectivity index (χ1n) is 19.4. The van der Waals surface area contributed by atoms with Gasteiger partial charge in [0.05, 0.1) is 6.04 Å². The van der Waals surface area contributed by atoms with Crippen molar-refractivity contribution in [2.75, 3.05) is 20.6 Å². The van der Waals surface area contributed by atoms with Crippen LogP contribution in [0.15, 0.2) is 30.3 Å². The van der Waals surface area contributed by atoms with Crippen molar-refractivity contribution in [2.45, 2.75) is 129 Å². The lowest BCUT2D eigenvalue weighted by molar-refractivity contribution is -0.145. The van der Waals surface area contributed by atoms with E-state index in [1.807, 2.05) is 20.8 Å². The van der Waals surface area contributed by atoms with Gasteiger partial charge in [-0.15, -0.1) is 0 Å². The number of likely N-dealkylation sites (tertiary alicyclic amines) is 1. The third-order valence-electron chi connectivity index (χ3n) is 11.4. The maximum atomic E-state index is 14.4. The average molecular weight is 773 g/mol. The highest BCUT2D eigenvalue weighted by molar-refractivity contribution is 6.38. The monoisotopic (exact) mass is 772 g/mol. The lowest BCUT2D eigenvalue weighted by Crippen LogP contribution is -2.57. The molecule has 2 saturated carbocycles. The molecule has 0 aromatic heterocycles. The number of halogens is 2. The second-order valence-electron chi connectivity index (χ2n) is 17.3. The Balaban J connectivity index is 1.47. The molecule has 304 valence electrons. The molecule has 2 aliphatic carbocycles. The van der Waals surface area contributed by atoms with E-state index in [2.05, 4.69) is 10.6 Å². The number of ketones is 3. The first kappa shape index (κ1) is 43.5. The number of fused-ring (bicyclic) bond motifs is 1. The molecular weight excluding hydrogens is 714 g/mol. The normalized spacial score (nSPS) is 23.0. The summed E-state index contributed by atoms with van der Waals surface area (Å²) in [6, 6.07) is 5.54. The molecule has 4 rings (SSSR count). The summed E-state index contributed by atoms with van der Waals surface area (Å²) in [7, 11) is 3.12. The average Bonchev–Trinajstić information content (AvgIpc) is 3.41. The fourth-order valence-corrected chi connectivity index (χ4v) is 8.31. The van der Waals surface area contributed by atoms with E-state index < -0.39 is 90.2 Å². The summed E-state index contributed by atoms with van der Waals surface area (Å²) in [6.45, 7) is 11.0. The summed E-state index contributed by atoms with van der Waals surface area (Å²) in [4.78, 5) is 97.0. The zero-order valence-electron chi connectivity index (χ0n) is 33.4. The smallest absolute Gasteiger partial charge is 0.408 e. The number of likely N-dealkylation sites (N-methyl/N-ethyl adjacent to an activating group) is 1. The quantitative estimate of drug-likeness (QED) is 0.211. The topological polar surface area (TPSA) is 159 Å². The predicted octanol–water partition coefficient (Wildman–Crippen LogP) is 5.43. The molecule has 0 spiro atoms. The molecule has 6 atom stereocenters. The zero-order chi connectivity index (χ0) is 41.0. The summed E-state index contributed by atoms with van der Waals surface area (Å²) in [6.07, 6.45) is -2.08. The summed E-state index contributed by atoms with van der Waals surface area (Å²) in [5.74, 6) is -8.17. The van der Waals surface area contributed by atoms with Crippen LogP contribution in [0.1, 0.15) is 111 Å². The van der Waals surface area contributed by atoms with Crippen LogP contribution in [0.25, 0.3) is 0 Å². The Kier molecular flexibility index (Phi) is 13.7. The Morgan fingerprint density at radius 3 is 2.15 bits per heavy atom. The van der Waals surface area contributed by atoms with Crippen LogP contribution in [0.5, 0.6) is 0 Å². The molecular formula is C41H58F2N4O8. The van der Waals surface area contributed by atoms with E-state index in [-0.39, 0.29) is 67.6 Å². The van der Waals surface area contributed by atoms with Gasteiger partial charge in [0.2, 0.25) is 29.4 Å². The van der Waals surface area contributed by atoms with E-state index in [0.29, 0.717) is 12.0 Å². The number of alkyl carbamates (subject to hydrolysis) is 1. The molecule has 0 radical (unpaired) electrons. The molecule has 12 nitrogen and oxygen atoms in total. The molecule has 2 unspecified atom stereocenters. The first-order valence-corrected chi connectivity index (χ1v) is 19.4. The number of carbonyl (C=O) groups excluding carboxylic acids is 7. The van der Waals surface area contributed by atoms with Crippen molar-refractivity contribution in [1.29, 1.82) is 0 Å². The number of nitrogens with zero attached hydrogens (tertiary/aromatic N) is 2. The van der Waals surface area contributed by atoms with Crippen molar-refractivity contribution in [3.63, 3.8) is 0 Å². The molecule has 4 amide bonds. The summed E-state index contributed by atoms with van der Waals surface area (Å²) >= 11 is 0. The van der Waals surface area contributed by atoms with Crippen molar-refractivity contribution >= 4 is 41.2 Å². The number of benzene rings is 1. The molecule has 3 aliphatic rings. The number of hydrogen-bond donors (Lipinski definition) is 2. The van der Waals surface area contributed by atoms with Crippen molar-refractivity contribution in [1.82, 2.24) is 20.4 Å². The van der Waals surface area contributed by atoms with Gasteiger partial charge in [0.25, 0.3) is 0 Å². The molecule has 0 bridgehead atoms. The highest BCUT2D eigenvalue weighted by atomic mass is 19.3. The largest absolute Gasteiger partial charge is 0.444 e. The highest BCUT2D eigenvalue weighted by Crippen LogP contribution is 2.65. The van der Waals surface area contributed by atoms with Crippen LogP contribution in [0.4, 0.5) is 13.6 Å². The third-order valence-corrected chi connectivity index (χ3v) is 11.4. The molecule has 1 aromatic carbocycles. The van der Waals surface area contributed by atoms with Crippen LogP contribution in [0.3, 0.4) is 0 Å². The molecule has 55 heavy (non-hydrogen) atoms. The molecule has 2 N–H and O–H groups in total. The van der Waals surface area contributed by atoms with E-state index in [1.54, 1.807) is 65.2 Å². The fourth-order valence-electron chi connectivity index (χ4n) is 8.31. The minimum absolute atomic E-state index is 0.00388. The molecule has 1 aromatic rings. The number of ether oxygens (including phenoxy) is 1. The Morgan fingerprint density at radius 1 is 0.964 bits per heavy atom. The standard InChI is InChI=1S/C41H58F2N4O8/c1-9-13-26(35(51)28(48)16-17-30(50)44-32(36(52)46(7)8)24-14-11-10-12-15-24)22-29(49)34-31-27(40(31,5)6)23-47(34)37(53)33(45-38(54)55-39(2,3)4)25-18-20-41(42,43)21-19-25/h10-12,14-15,25-27,31-34H,9,13,16-23H2,1-8H3,(H,44,50)(H,45,54)/t26?,27-,31-,32-,33?,34+/m0/s1. The number of carbonyl (C=O) groups is 7. The van der Waals surface area contributed by atoms with E-state index in [9.17, 15) is 42.3 Å². The predicted molar refractivity (Wildman–Crippen MR) is 200 cm³/mol. The van der Waals surface area contributed by atoms with E-state index >= 15 is 0 Å². The third kappa shape index (κ3) is 10.8. The fraction of sp³-hybridized carbons (Fsp3) is 0.683. The molecule has 1 heterocycles. The van der Waals surface area contributed by atoms with Crippen LogP contribution < -0.4 is 10.6 Å². The number of nitrogens with one attached hydrogen (secondary N) is 2. The van der Waals surface area contributed by atoms with Crippen LogP contribution in [-0.2, 0) is 33.5 Å². The van der Waals surface area contributed by atoms with Crippen LogP contribution >= 0.6 is 0 Å². The molecule has 1 aliphatic heterocycles. The number of hydrogen-bond acceptors (Lipinski definition) is 8. The van der Waals surface area contributed by atoms with Gasteiger partial charge in [0.1, 0.15) is 17.7 Å². The molecule has 1 saturated heterocycles. The molecule has 14 heteroatoms. The zero-order valence-corrected chi connectivity index (χ0v) is 33.4. The highest BCUT2D eigenvalue weighted by Gasteiger charge is 2.69. The lowest BCUT2D eigenvalue weighted by Gasteiger charge is -2.38. The van der Waals surface area contributed by atoms with Gasteiger partial charge in [-0.05, 0) is 68.8 Å². The maximum absolute atomic E-state index is 14.4. The van der Waals surface area contributed by atoms with Crippen molar-refractivity contribution < 1.29 is 47.1 Å². The van der Waals surface area contributed by atoms with Crippen molar-refractivity contribution in [3.05, 3.63) is 35.9 Å². The lowest BCUT2D eigenvalue weighted by atomic mass is 9.81. The van der Waals surface area contributed by atoms with Gasteiger partial charge in [0, 0.05) is 58.7 Å².